The smallest absolute Gasteiger partial charge is 0.262 e. The number of amides is 5. The summed E-state index contributed by atoms with van der Waals surface area (Å²) >= 11 is 0. The molecule has 2 aromatic heterocycles. The summed E-state index contributed by atoms with van der Waals surface area (Å²) < 4.78 is 17.5. The molecule has 1 atom stereocenters. The topological polar surface area (TPSA) is 181 Å². The number of nitrogens with zero attached hydrogens (tertiary/aromatic N) is 9. The Morgan fingerprint density at radius 1 is 0.785 bits per heavy atom. The molecule has 1 saturated carbocycles. The number of nitrogens with one attached hydrogen (secondary N) is 3. The van der Waals surface area contributed by atoms with Crippen LogP contribution in [0.1, 0.15) is 64.4 Å². The molecule has 5 aliphatic rings. The lowest BCUT2D eigenvalue weighted by Gasteiger charge is -2.38. The average molecular weight is 883 g/mol. The first-order chi connectivity index (χ1) is 31.6. The molecule has 18 heteroatoms. The van der Waals surface area contributed by atoms with Crippen molar-refractivity contribution in [2.24, 2.45) is 0 Å². The van der Waals surface area contributed by atoms with Crippen molar-refractivity contribution in [2.45, 2.75) is 56.7 Å². The van der Waals surface area contributed by atoms with E-state index in [4.69, 9.17) is 0 Å². The normalized spacial score (nSPS) is 21.7. The van der Waals surface area contributed by atoms with Crippen molar-refractivity contribution in [3.05, 3.63) is 102 Å². The number of imide groups is 2. The third-order valence-corrected chi connectivity index (χ3v) is 13.5. The minimum Gasteiger partial charge on any atom is -0.369 e. The molecule has 6 heterocycles. The fourth-order valence-corrected chi connectivity index (χ4v) is 9.78. The van der Waals surface area contributed by atoms with Gasteiger partial charge in [0, 0.05) is 82.2 Å². The number of anilines is 4. The van der Waals surface area contributed by atoms with E-state index in [1.807, 2.05) is 41.6 Å². The number of hydrogen-bond acceptors (Lipinski definition) is 13. The lowest BCUT2D eigenvalue weighted by molar-refractivity contribution is -0.136. The Bertz CT molecular complexity index is 2620. The third kappa shape index (κ3) is 8.75. The molecule has 0 radical (unpaired) electrons. The molecule has 3 aromatic carbocycles. The molecular weight excluding hydrogens is 832 g/mol. The van der Waals surface area contributed by atoms with Crippen LogP contribution in [-0.2, 0) is 20.8 Å². The molecule has 65 heavy (non-hydrogen) atoms. The molecule has 4 aliphatic heterocycles. The highest BCUT2D eigenvalue weighted by Crippen LogP contribution is 2.36. The number of benzene rings is 3. The van der Waals surface area contributed by atoms with Crippen LogP contribution in [0, 0.1) is 5.82 Å². The predicted octanol–water partition coefficient (Wildman–Crippen LogP) is 3.51. The van der Waals surface area contributed by atoms with Gasteiger partial charge in [-0.3, -0.25) is 44.0 Å². The minimum atomic E-state index is -1.09. The number of imidazole rings is 1. The fraction of sp³-hybridized carbons (Fsp3) is 0.404. The second kappa shape index (κ2) is 18.0. The zero-order valence-electron chi connectivity index (χ0n) is 36.0. The zero-order chi connectivity index (χ0) is 44.6. The van der Waals surface area contributed by atoms with E-state index in [-0.39, 0.29) is 47.6 Å². The number of carbonyl (C=O) groups is 5. The van der Waals surface area contributed by atoms with Gasteiger partial charge in [0.25, 0.3) is 11.8 Å². The van der Waals surface area contributed by atoms with Gasteiger partial charge < -0.3 is 25.0 Å². The number of carbonyl (C=O) groups excluding carboxylic acids is 5. The number of hydrogen-bond donors (Lipinski definition) is 3. The first kappa shape index (κ1) is 42.2. The maximum absolute atomic E-state index is 15.4. The zero-order valence-corrected chi connectivity index (χ0v) is 36.0. The molecule has 3 N–H and O–H groups in total. The molecular formula is C47H51FN12O5. The van der Waals surface area contributed by atoms with E-state index in [2.05, 4.69) is 74.4 Å². The molecule has 10 rings (SSSR count). The Labute approximate surface area is 375 Å². The van der Waals surface area contributed by atoms with Crippen LogP contribution in [0.15, 0.2) is 79.4 Å². The molecule has 17 nitrogen and oxygen atoms in total. The monoisotopic (exact) mass is 882 g/mol. The highest BCUT2D eigenvalue weighted by molar-refractivity contribution is 6.23. The van der Waals surface area contributed by atoms with Crippen LogP contribution in [-0.4, -0.2) is 141 Å². The molecule has 0 spiro atoms. The van der Waals surface area contributed by atoms with Gasteiger partial charge in [-0.15, -0.1) is 0 Å². The Morgan fingerprint density at radius 2 is 1.46 bits per heavy atom. The number of piperazine rings is 2. The maximum Gasteiger partial charge on any atom is 0.262 e. The fourth-order valence-electron chi connectivity index (χ4n) is 9.78. The summed E-state index contributed by atoms with van der Waals surface area (Å²) in [5.74, 6) is -2.38. The van der Waals surface area contributed by atoms with Crippen LogP contribution in [0.2, 0.25) is 0 Å². The van der Waals surface area contributed by atoms with Gasteiger partial charge in [-0.05, 0) is 80.7 Å². The molecule has 3 saturated heterocycles. The third-order valence-electron chi connectivity index (χ3n) is 13.5. The highest BCUT2D eigenvalue weighted by Gasteiger charge is 2.45. The maximum atomic E-state index is 15.4. The second-order valence-electron chi connectivity index (χ2n) is 17.6. The van der Waals surface area contributed by atoms with E-state index >= 15 is 4.39 Å². The van der Waals surface area contributed by atoms with Crippen molar-refractivity contribution in [1.82, 2.24) is 44.9 Å². The number of aromatic nitrogens is 4. The summed E-state index contributed by atoms with van der Waals surface area (Å²) in [7, 11) is 0. The largest absolute Gasteiger partial charge is 0.369 e. The van der Waals surface area contributed by atoms with Crippen LogP contribution in [0.25, 0.3) is 11.2 Å². The first-order valence-corrected chi connectivity index (χ1v) is 22.5. The standard InChI is InChI=1S/C47H51FN12O5/c48-37-26-35-36(47(65)60(46(35)64)38-11-12-40(61)54-45(38)63)27-39(37)58-21-17-56(18-22-58)14-4-13-55-15-19-57(20-16-55)33-9-7-31(8-10-33)53-43-42-44(50-28-49-43)59(29-51-42)34-24-32(25-34)52-41(62)23-30-5-2-1-3-6-30/h1-3,5-10,26-29,32,34,38H,4,11-25H2,(H,52,62)(H,49,50,53)(H,54,61,63)/t32?,34?,38-/m0/s1. The van der Waals surface area contributed by atoms with Gasteiger partial charge in [0.05, 0.1) is 29.6 Å². The van der Waals surface area contributed by atoms with Crippen LogP contribution in [0.5, 0.6) is 0 Å². The highest BCUT2D eigenvalue weighted by atomic mass is 19.1. The van der Waals surface area contributed by atoms with Crippen molar-refractivity contribution >= 4 is 63.6 Å². The van der Waals surface area contributed by atoms with E-state index < -0.39 is 35.5 Å². The van der Waals surface area contributed by atoms with Gasteiger partial charge in [0.1, 0.15) is 18.2 Å². The van der Waals surface area contributed by atoms with Crippen molar-refractivity contribution in [2.75, 3.05) is 80.6 Å². The van der Waals surface area contributed by atoms with E-state index in [1.165, 1.54) is 11.8 Å². The Morgan fingerprint density at radius 3 is 2.15 bits per heavy atom. The number of rotatable bonds is 13. The Kier molecular flexibility index (Phi) is 11.7. The van der Waals surface area contributed by atoms with Gasteiger partial charge in [-0.25, -0.2) is 19.3 Å². The van der Waals surface area contributed by atoms with Crippen LogP contribution >= 0.6 is 0 Å². The van der Waals surface area contributed by atoms with Crippen LogP contribution in [0.4, 0.5) is 27.3 Å². The predicted molar refractivity (Wildman–Crippen MR) is 240 cm³/mol. The molecule has 4 fully saturated rings. The summed E-state index contributed by atoms with van der Waals surface area (Å²) in [4.78, 5) is 86.9. The SMILES string of the molecule is O=C1CC[C@H](N2C(=O)c3cc(F)c(N4CCN(CCCN5CCN(c6ccc(Nc7ncnc8c7ncn8C7CC(NC(=O)Cc8ccccc8)C7)cc6)CC5)CC4)cc3C2=O)C(=O)N1. The first-order valence-electron chi connectivity index (χ1n) is 22.5. The summed E-state index contributed by atoms with van der Waals surface area (Å²) in [6.07, 6.45) is 6.50. The summed E-state index contributed by atoms with van der Waals surface area (Å²) in [6, 6.07) is 20.0. The molecule has 336 valence electrons. The lowest BCUT2D eigenvalue weighted by Crippen LogP contribution is -2.54. The van der Waals surface area contributed by atoms with Crippen LogP contribution in [0.3, 0.4) is 0 Å². The van der Waals surface area contributed by atoms with Crippen molar-refractivity contribution in [3.8, 4) is 0 Å². The summed E-state index contributed by atoms with van der Waals surface area (Å²) in [6.45, 7) is 8.37. The minimum absolute atomic E-state index is 0.0228. The molecule has 0 bridgehead atoms. The summed E-state index contributed by atoms with van der Waals surface area (Å²) in [5.41, 5.74) is 4.86. The van der Waals surface area contributed by atoms with Gasteiger partial charge in [0.2, 0.25) is 17.7 Å². The Hall–Kier alpha value is -6.79. The molecule has 1 aliphatic carbocycles. The molecule has 5 amide bonds. The van der Waals surface area contributed by atoms with Gasteiger partial charge >= 0.3 is 0 Å². The number of fused-ring (bicyclic) bond motifs is 2. The second-order valence-corrected chi connectivity index (χ2v) is 17.6. The lowest BCUT2D eigenvalue weighted by atomic mass is 9.86. The number of piperidine rings is 1. The van der Waals surface area contributed by atoms with Gasteiger partial charge in [-0.1, -0.05) is 30.3 Å². The average Bonchev–Trinajstić information content (AvgIpc) is 3.83. The quantitative estimate of drug-likeness (QED) is 0.147. The van der Waals surface area contributed by atoms with E-state index in [1.54, 1.807) is 6.33 Å². The Balaban J connectivity index is 0.650. The van der Waals surface area contributed by atoms with E-state index in [0.29, 0.717) is 30.8 Å². The van der Waals surface area contributed by atoms with Crippen molar-refractivity contribution in [3.63, 3.8) is 0 Å². The number of halogens is 1. The molecule has 0 unspecified atom stereocenters. The summed E-state index contributed by atoms with van der Waals surface area (Å²) in [5, 5.41) is 8.79. The van der Waals surface area contributed by atoms with Crippen molar-refractivity contribution < 1.29 is 28.4 Å². The van der Waals surface area contributed by atoms with Crippen LogP contribution < -0.4 is 25.8 Å². The van der Waals surface area contributed by atoms with Gasteiger partial charge in [-0.2, -0.15) is 0 Å². The molecule has 5 aromatic rings. The van der Waals surface area contributed by atoms with E-state index in [0.717, 1.165) is 99.5 Å². The van der Waals surface area contributed by atoms with E-state index in [9.17, 15) is 24.0 Å². The van der Waals surface area contributed by atoms with Crippen molar-refractivity contribution in [1.29, 1.82) is 0 Å². The van der Waals surface area contributed by atoms with Gasteiger partial charge in [0.15, 0.2) is 17.0 Å².